The van der Waals surface area contributed by atoms with Crippen LogP contribution in [0.25, 0.3) is 0 Å². The molecule has 0 saturated heterocycles. The monoisotopic (exact) mass is 178 g/mol. The van der Waals surface area contributed by atoms with E-state index < -0.39 is 18.5 Å². The third kappa shape index (κ3) is 4.01. The Hall–Kier alpha value is -0.160. The van der Waals surface area contributed by atoms with Gasteiger partial charge in [0.25, 0.3) is 0 Å². The molecule has 4 nitrogen and oxygen atoms in total. The summed E-state index contributed by atoms with van der Waals surface area (Å²) in [5.74, 6) is 0. The molecule has 0 aliphatic carbocycles. The van der Waals surface area contributed by atoms with Crippen LogP contribution in [0.1, 0.15) is 20.8 Å². The van der Waals surface area contributed by atoms with Crippen LogP contribution < -0.4 is 0 Å². The molecule has 12 heavy (non-hydrogen) atoms. The van der Waals surface area contributed by atoms with E-state index in [1.54, 1.807) is 13.8 Å². The molecular formula is C8H18O4. The van der Waals surface area contributed by atoms with E-state index >= 15 is 0 Å². The summed E-state index contributed by atoms with van der Waals surface area (Å²) in [6.45, 7) is 6.01. The Morgan fingerprint density at radius 2 is 1.50 bits per heavy atom. The molecule has 4 heteroatoms. The molecule has 2 unspecified atom stereocenters. The van der Waals surface area contributed by atoms with Crippen molar-refractivity contribution in [1.29, 1.82) is 0 Å². The van der Waals surface area contributed by atoms with Gasteiger partial charge < -0.3 is 19.7 Å². The second-order valence-corrected chi connectivity index (χ2v) is 2.51. The van der Waals surface area contributed by atoms with Crippen LogP contribution in [-0.2, 0) is 9.47 Å². The van der Waals surface area contributed by atoms with Gasteiger partial charge in [0.2, 0.25) is 0 Å². The van der Waals surface area contributed by atoms with E-state index in [2.05, 4.69) is 0 Å². The molecule has 2 atom stereocenters. The van der Waals surface area contributed by atoms with Crippen LogP contribution >= 0.6 is 0 Å². The van der Waals surface area contributed by atoms with Crippen molar-refractivity contribution in [3.05, 3.63) is 0 Å². The van der Waals surface area contributed by atoms with E-state index in [1.807, 2.05) is 0 Å². The molecule has 0 aromatic rings. The summed E-state index contributed by atoms with van der Waals surface area (Å²) in [4.78, 5) is 0. The number of hydrogen-bond donors (Lipinski definition) is 2. The van der Waals surface area contributed by atoms with Crippen LogP contribution in [0.4, 0.5) is 0 Å². The number of hydrogen-bond acceptors (Lipinski definition) is 4. The SMILES string of the molecule is CCOC(OCC)C(O)C(C)O. The van der Waals surface area contributed by atoms with Gasteiger partial charge in [-0.1, -0.05) is 0 Å². The molecule has 74 valence electrons. The normalized spacial score (nSPS) is 16.5. The quantitative estimate of drug-likeness (QED) is 0.567. The van der Waals surface area contributed by atoms with Crippen molar-refractivity contribution in [2.75, 3.05) is 13.2 Å². The maximum atomic E-state index is 9.35. The third-order valence-electron chi connectivity index (χ3n) is 1.43. The number of ether oxygens (including phenoxy) is 2. The molecule has 0 saturated carbocycles. The number of aliphatic hydroxyl groups is 2. The fourth-order valence-corrected chi connectivity index (χ4v) is 0.801. The van der Waals surface area contributed by atoms with Gasteiger partial charge in [0.05, 0.1) is 6.10 Å². The zero-order valence-electron chi connectivity index (χ0n) is 7.86. The Morgan fingerprint density at radius 1 is 1.08 bits per heavy atom. The van der Waals surface area contributed by atoms with Gasteiger partial charge in [-0.25, -0.2) is 0 Å². The topological polar surface area (TPSA) is 58.9 Å². The van der Waals surface area contributed by atoms with Crippen molar-refractivity contribution in [2.45, 2.75) is 39.3 Å². The molecule has 0 aromatic carbocycles. The second kappa shape index (κ2) is 6.37. The molecule has 0 fully saturated rings. The zero-order valence-corrected chi connectivity index (χ0v) is 7.86. The third-order valence-corrected chi connectivity index (χ3v) is 1.43. The first-order valence-electron chi connectivity index (χ1n) is 4.22. The lowest BCUT2D eigenvalue weighted by Gasteiger charge is -2.24. The standard InChI is InChI=1S/C8H18O4/c1-4-11-8(12-5-2)7(10)6(3)9/h6-10H,4-5H2,1-3H3. The Balaban J connectivity index is 3.89. The minimum Gasteiger partial charge on any atom is -0.391 e. The van der Waals surface area contributed by atoms with Crippen LogP contribution in [0.2, 0.25) is 0 Å². The molecule has 0 aliphatic heterocycles. The zero-order chi connectivity index (χ0) is 9.56. The van der Waals surface area contributed by atoms with Crippen LogP contribution in [0, 0.1) is 0 Å². The van der Waals surface area contributed by atoms with Crippen molar-refractivity contribution in [1.82, 2.24) is 0 Å². The van der Waals surface area contributed by atoms with Crippen molar-refractivity contribution in [3.63, 3.8) is 0 Å². The maximum absolute atomic E-state index is 9.35. The average molecular weight is 178 g/mol. The summed E-state index contributed by atoms with van der Waals surface area (Å²) in [7, 11) is 0. The van der Waals surface area contributed by atoms with Crippen molar-refractivity contribution < 1.29 is 19.7 Å². The van der Waals surface area contributed by atoms with Gasteiger partial charge in [0.1, 0.15) is 6.10 Å². The lowest BCUT2D eigenvalue weighted by atomic mass is 10.2. The lowest BCUT2D eigenvalue weighted by Crippen LogP contribution is -2.39. The highest BCUT2D eigenvalue weighted by Gasteiger charge is 2.23. The molecule has 0 aliphatic rings. The maximum Gasteiger partial charge on any atom is 0.185 e. The summed E-state index contributed by atoms with van der Waals surface area (Å²) < 4.78 is 10.1. The van der Waals surface area contributed by atoms with Gasteiger partial charge in [-0.05, 0) is 20.8 Å². The van der Waals surface area contributed by atoms with Gasteiger partial charge in [-0.3, -0.25) is 0 Å². The second-order valence-electron chi connectivity index (χ2n) is 2.51. The molecule has 0 rings (SSSR count). The lowest BCUT2D eigenvalue weighted by molar-refractivity contribution is -0.209. The Labute approximate surface area is 73.1 Å². The summed E-state index contributed by atoms with van der Waals surface area (Å²) in [6.07, 6.45) is -2.54. The summed E-state index contributed by atoms with van der Waals surface area (Å²) >= 11 is 0. The molecule has 0 radical (unpaired) electrons. The van der Waals surface area contributed by atoms with Crippen molar-refractivity contribution in [3.8, 4) is 0 Å². The molecule has 2 N–H and O–H groups in total. The Bertz CT molecular complexity index is 99.2. The van der Waals surface area contributed by atoms with Gasteiger partial charge in [-0.2, -0.15) is 0 Å². The highest BCUT2D eigenvalue weighted by atomic mass is 16.7. The smallest absolute Gasteiger partial charge is 0.185 e. The predicted octanol–water partition coefficient (Wildman–Crippen LogP) is 0.127. The van der Waals surface area contributed by atoms with E-state index in [1.165, 1.54) is 6.92 Å². The summed E-state index contributed by atoms with van der Waals surface area (Å²) in [5.41, 5.74) is 0. The minimum atomic E-state index is -0.982. The minimum absolute atomic E-state index is 0.453. The fourth-order valence-electron chi connectivity index (χ4n) is 0.801. The first-order valence-corrected chi connectivity index (χ1v) is 4.22. The largest absolute Gasteiger partial charge is 0.391 e. The summed E-state index contributed by atoms with van der Waals surface area (Å²) in [5, 5.41) is 18.4. The van der Waals surface area contributed by atoms with E-state index in [9.17, 15) is 5.11 Å². The molecule has 0 aromatic heterocycles. The summed E-state index contributed by atoms with van der Waals surface area (Å²) in [6, 6.07) is 0. The van der Waals surface area contributed by atoms with Crippen LogP contribution in [-0.4, -0.2) is 41.9 Å². The highest BCUT2D eigenvalue weighted by molar-refractivity contribution is 4.65. The van der Waals surface area contributed by atoms with Crippen molar-refractivity contribution >= 4 is 0 Å². The van der Waals surface area contributed by atoms with Gasteiger partial charge in [0.15, 0.2) is 6.29 Å². The Kier molecular flexibility index (Phi) is 6.28. The van der Waals surface area contributed by atoms with E-state index in [0.717, 1.165) is 0 Å². The Morgan fingerprint density at radius 3 is 1.75 bits per heavy atom. The molecular weight excluding hydrogens is 160 g/mol. The predicted molar refractivity (Wildman–Crippen MR) is 44.7 cm³/mol. The molecule has 0 bridgehead atoms. The van der Waals surface area contributed by atoms with Crippen LogP contribution in [0.3, 0.4) is 0 Å². The van der Waals surface area contributed by atoms with Gasteiger partial charge >= 0.3 is 0 Å². The average Bonchev–Trinajstić information content (AvgIpc) is 2.03. The van der Waals surface area contributed by atoms with E-state index in [0.29, 0.717) is 13.2 Å². The fraction of sp³-hybridized carbons (Fsp3) is 1.00. The molecule has 0 amide bonds. The molecule has 0 heterocycles. The van der Waals surface area contributed by atoms with Crippen LogP contribution in [0.15, 0.2) is 0 Å². The molecule has 0 spiro atoms. The van der Waals surface area contributed by atoms with Crippen LogP contribution in [0.5, 0.6) is 0 Å². The highest BCUT2D eigenvalue weighted by Crippen LogP contribution is 2.05. The number of rotatable bonds is 6. The van der Waals surface area contributed by atoms with E-state index in [-0.39, 0.29) is 0 Å². The van der Waals surface area contributed by atoms with Gasteiger partial charge in [-0.15, -0.1) is 0 Å². The van der Waals surface area contributed by atoms with Gasteiger partial charge in [0, 0.05) is 13.2 Å². The van der Waals surface area contributed by atoms with Crippen molar-refractivity contribution in [2.24, 2.45) is 0 Å². The van der Waals surface area contributed by atoms with E-state index in [4.69, 9.17) is 14.6 Å². The first-order chi connectivity index (χ1) is 5.63. The number of aliphatic hydroxyl groups excluding tert-OH is 2. The first kappa shape index (κ1) is 11.8.